The maximum Gasteiger partial charge on any atom is 0.159 e. The molecule has 0 radical (unpaired) electrons. The Morgan fingerprint density at radius 1 is 1.09 bits per heavy atom. The number of fused-ring (bicyclic) bond motifs is 4. The summed E-state index contributed by atoms with van der Waals surface area (Å²) in [6.45, 7) is 8.94. The van der Waals surface area contributed by atoms with Crippen molar-refractivity contribution in [2.75, 3.05) is 18.6 Å². The normalized spacial score (nSPS) is 11.9. The Morgan fingerprint density at radius 3 is 2.55 bits per heavy atom. The molecule has 0 unspecified atom stereocenters. The number of hydrogen-bond acceptors (Lipinski definition) is 6. The summed E-state index contributed by atoms with van der Waals surface area (Å²) < 4.78 is 12.1. The summed E-state index contributed by atoms with van der Waals surface area (Å²) in [4.78, 5) is 16.0. The summed E-state index contributed by atoms with van der Waals surface area (Å²) >= 11 is 0. The molecule has 5 rings (SSSR count). The average Bonchev–Trinajstić information content (AvgIpc) is 2.83. The van der Waals surface area contributed by atoms with Crippen molar-refractivity contribution in [1.82, 2.24) is 9.97 Å². The van der Waals surface area contributed by atoms with E-state index in [1.165, 1.54) is 0 Å². The second-order valence-corrected chi connectivity index (χ2v) is 7.79. The van der Waals surface area contributed by atoms with Crippen molar-refractivity contribution >= 4 is 33.2 Å². The lowest BCUT2D eigenvalue weighted by atomic mass is 10.0. The molecule has 0 bridgehead atoms. The van der Waals surface area contributed by atoms with Gasteiger partial charge >= 0.3 is 0 Å². The molecule has 164 valence electrons. The van der Waals surface area contributed by atoms with Gasteiger partial charge in [-0.05, 0) is 26.0 Å². The topological polar surface area (TPSA) is 63.8 Å². The number of hydrogen-bond donors (Lipinski definition) is 0. The monoisotopic (exact) mass is 436 g/mol. The van der Waals surface area contributed by atoms with E-state index < -0.39 is 0 Å². The Bertz CT molecular complexity index is 1520. The first kappa shape index (κ1) is 20.7. The van der Waals surface area contributed by atoms with E-state index in [2.05, 4.69) is 23.4 Å². The van der Waals surface area contributed by atoms with Crippen molar-refractivity contribution in [3.63, 3.8) is 0 Å². The highest BCUT2D eigenvalue weighted by Gasteiger charge is 2.19. The van der Waals surface area contributed by atoms with Gasteiger partial charge in [0.1, 0.15) is 17.0 Å². The number of pyridine rings is 1. The third-order valence-electron chi connectivity index (χ3n) is 5.65. The van der Waals surface area contributed by atoms with Gasteiger partial charge in [0.2, 0.25) is 0 Å². The fourth-order valence-electron chi connectivity index (χ4n) is 4.13. The van der Waals surface area contributed by atoms with Crippen molar-refractivity contribution < 1.29 is 9.15 Å². The fraction of sp³-hybridized carbons (Fsp3) is 0.148. The van der Waals surface area contributed by atoms with E-state index in [1.54, 1.807) is 19.5 Å². The maximum absolute atomic E-state index is 6.42. The first-order chi connectivity index (χ1) is 16.1. The highest BCUT2D eigenvalue weighted by atomic mass is 16.5. The number of ether oxygens (including phenoxy) is 1. The van der Waals surface area contributed by atoms with Crippen LogP contribution in [-0.4, -0.2) is 23.6 Å². The number of aromatic nitrogens is 2. The summed E-state index contributed by atoms with van der Waals surface area (Å²) in [6, 6.07) is 17.7. The van der Waals surface area contributed by atoms with Crippen LogP contribution >= 0.6 is 0 Å². The molecule has 0 amide bonds. The van der Waals surface area contributed by atoms with Crippen LogP contribution in [0, 0.1) is 0 Å². The summed E-state index contributed by atoms with van der Waals surface area (Å²) in [5.41, 5.74) is 4.80. The number of nitrogens with zero attached hydrogens (tertiary/aromatic N) is 4. The van der Waals surface area contributed by atoms with E-state index in [4.69, 9.17) is 19.1 Å². The van der Waals surface area contributed by atoms with E-state index in [-0.39, 0.29) is 0 Å². The first-order valence-corrected chi connectivity index (χ1v) is 10.8. The number of rotatable bonds is 5. The maximum atomic E-state index is 6.42. The Balaban J connectivity index is 1.84. The zero-order valence-corrected chi connectivity index (χ0v) is 18.9. The molecule has 2 heterocycles. The number of allylic oxidation sites excluding steroid dienone is 1. The van der Waals surface area contributed by atoms with Crippen molar-refractivity contribution in [2.24, 2.45) is 4.99 Å². The lowest BCUT2D eigenvalue weighted by molar-refractivity contribution is 0.418. The van der Waals surface area contributed by atoms with Crippen LogP contribution in [0.4, 0.5) is 11.4 Å². The average molecular weight is 437 g/mol. The molecule has 1 aliphatic carbocycles. The molecule has 1 aliphatic heterocycles. The molecule has 0 fully saturated rings. The fourth-order valence-corrected chi connectivity index (χ4v) is 4.13. The second-order valence-electron chi connectivity index (χ2n) is 7.79. The van der Waals surface area contributed by atoms with Crippen molar-refractivity contribution in [3.05, 3.63) is 84.6 Å². The van der Waals surface area contributed by atoms with Crippen LogP contribution < -0.4 is 15.0 Å². The molecule has 33 heavy (non-hydrogen) atoms. The summed E-state index contributed by atoms with van der Waals surface area (Å²) in [6.07, 6.45) is 3.47. The van der Waals surface area contributed by atoms with E-state index >= 15 is 0 Å². The molecule has 2 aromatic carbocycles. The molecule has 0 spiro atoms. The third-order valence-corrected chi connectivity index (χ3v) is 5.65. The van der Waals surface area contributed by atoms with Gasteiger partial charge in [-0.2, -0.15) is 0 Å². The van der Waals surface area contributed by atoms with Gasteiger partial charge in [-0.1, -0.05) is 30.8 Å². The minimum atomic E-state index is 0.640. The van der Waals surface area contributed by atoms with Crippen LogP contribution in [-0.2, 0) is 0 Å². The van der Waals surface area contributed by atoms with Crippen LogP contribution in [0.5, 0.6) is 5.75 Å². The summed E-state index contributed by atoms with van der Waals surface area (Å²) in [7, 11) is 1.65. The van der Waals surface area contributed by atoms with Gasteiger partial charge in [0.25, 0.3) is 0 Å². The SMILES string of the molecule is C=C(C)N(CC)c1cc(OC)c2nc3c4ccccc4c(=Nc4ccncc4)cc-3oc2c1. The molecule has 0 saturated carbocycles. The number of anilines is 1. The van der Waals surface area contributed by atoms with Crippen molar-refractivity contribution in [1.29, 1.82) is 0 Å². The number of methoxy groups -OCH3 is 1. The van der Waals surface area contributed by atoms with Crippen LogP contribution in [0.2, 0.25) is 0 Å². The molecule has 2 aliphatic rings. The lowest BCUT2D eigenvalue weighted by Crippen LogP contribution is -2.19. The molecule has 6 heteroatoms. The Labute approximate surface area is 191 Å². The quantitative estimate of drug-likeness (QED) is 0.247. The molecular formula is C27H24N4O2. The standard InChI is InChI=1S/C27H24N4O2/c1-5-31(17(2)3)19-14-23(32-4)27-24(15-19)33-25-16-22(29-18-10-12-28-13-11-18)20-8-6-7-9-21(20)26(25)30-27/h6-16H,2,5H2,1,3-4H3. The van der Waals surface area contributed by atoms with Gasteiger partial charge in [-0.15, -0.1) is 0 Å². The van der Waals surface area contributed by atoms with Gasteiger partial charge in [0.15, 0.2) is 11.3 Å². The molecule has 1 aromatic heterocycles. The minimum absolute atomic E-state index is 0.640. The van der Waals surface area contributed by atoms with E-state index in [0.717, 1.165) is 45.4 Å². The summed E-state index contributed by atoms with van der Waals surface area (Å²) in [5.74, 6) is 1.31. The first-order valence-electron chi connectivity index (χ1n) is 10.8. The predicted octanol–water partition coefficient (Wildman–Crippen LogP) is 6.08. The lowest BCUT2D eigenvalue weighted by Gasteiger charge is -2.24. The van der Waals surface area contributed by atoms with Crippen molar-refractivity contribution in [2.45, 2.75) is 13.8 Å². The zero-order chi connectivity index (χ0) is 22.9. The molecule has 0 N–H and O–H groups in total. The molecule has 3 aromatic rings. The molecule has 6 nitrogen and oxygen atoms in total. The smallest absolute Gasteiger partial charge is 0.159 e. The molecule has 0 saturated heterocycles. The minimum Gasteiger partial charge on any atom is -0.494 e. The van der Waals surface area contributed by atoms with Gasteiger partial charge in [0, 0.05) is 59.3 Å². The van der Waals surface area contributed by atoms with E-state index in [1.807, 2.05) is 61.5 Å². The largest absolute Gasteiger partial charge is 0.494 e. The molecular weight excluding hydrogens is 412 g/mol. The van der Waals surface area contributed by atoms with Crippen LogP contribution in [0.25, 0.3) is 33.3 Å². The van der Waals surface area contributed by atoms with Gasteiger partial charge < -0.3 is 14.1 Å². The van der Waals surface area contributed by atoms with E-state index in [9.17, 15) is 0 Å². The van der Waals surface area contributed by atoms with E-state index in [0.29, 0.717) is 22.6 Å². The van der Waals surface area contributed by atoms with Crippen molar-refractivity contribution in [3.8, 4) is 17.2 Å². The second kappa shape index (κ2) is 8.39. The van der Waals surface area contributed by atoms with Crippen LogP contribution in [0.15, 0.2) is 88.7 Å². The zero-order valence-electron chi connectivity index (χ0n) is 18.9. The predicted molar refractivity (Wildman–Crippen MR) is 132 cm³/mol. The van der Waals surface area contributed by atoms with Crippen LogP contribution in [0.1, 0.15) is 13.8 Å². The Hall–Kier alpha value is -4.19. The third kappa shape index (κ3) is 3.69. The Morgan fingerprint density at radius 2 is 1.85 bits per heavy atom. The Kier molecular flexibility index (Phi) is 5.26. The van der Waals surface area contributed by atoms with Gasteiger partial charge in [0.05, 0.1) is 18.2 Å². The van der Waals surface area contributed by atoms with Gasteiger partial charge in [-0.3, -0.25) is 4.98 Å². The van der Waals surface area contributed by atoms with Crippen LogP contribution in [0.3, 0.4) is 0 Å². The van der Waals surface area contributed by atoms with Gasteiger partial charge in [-0.25, -0.2) is 9.98 Å². The highest BCUT2D eigenvalue weighted by Crippen LogP contribution is 2.37. The number of benzene rings is 3. The summed E-state index contributed by atoms with van der Waals surface area (Å²) in [5, 5.41) is 2.78. The highest BCUT2D eigenvalue weighted by molar-refractivity contribution is 5.97. The molecule has 0 atom stereocenters.